The zero-order valence-corrected chi connectivity index (χ0v) is 10.1. The number of carbonyl (C=O) groups excluding carboxylic acids is 1. The first-order valence-electron chi connectivity index (χ1n) is 5.77. The van der Waals surface area contributed by atoms with Crippen LogP contribution in [0.3, 0.4) is 0 Å². The number of amides is 2. The van der Waals surface area contributed by atoms with Crippen molar-refractivity contribution in [3.8, 4) is 6.07 Å². The summed E-state index contributed by atoms with van der Waals surface area (Å²) in [5.41, 5.74) is 0.783. The molecule has 0 radical (unpaired) electrons. The molecule has 4 nitrogen and oxygen atoms in total. The molecule has 1 aromatic rings. The van der Waals surface area contributed by atoms with Crippen molar-refractivity contribution in [2.24, 2.45) is 0 Å². The van der Waals surface area contributed by atoms with E-state index in [0.717, 1.165) is 5.56 Å². The molecule has 0 aliphatic carbocycles. The first kappa shape index (κ1) is 12.4. The van der Waals surface area contributed by atoms with Gasteiger partial charge in [-0.2, -0.15) is 5.26 Å². The van der Waals surface area contributed by atoms with Crippen LogP contribution in [0.4, 0.5) is 9.18 Å². The lowest BCUT2D eigenvalue weighted by atomic mass is 10.1. The van der Waals surface area contributed by atoms with Gasteiger partial charge in [-0.25, -0.2) is 9.18 Å². The predicted octanol–water partition coefficient (Wildman–Crippen LogP) is 2.15. The normalized spacial score (nSPS) is 19.2. The number of hydrogen-bond donors (Lipinski definition) is 0. The Hall–Kier alpha value is -2.09. The molecule has 5 heteroatoms. The maximum absolute atomic E-state index is 13.2. The SMILES string of the molecule is CN1C(=O)N(CCC#N)CC1c1cccc(F)c1. The summed E-state index contributed by atoms with van der Waals surface area (Å²) in [4.78, 5) is 15.1. The minimum Gasteiger partial charge on any atom is -0.321 e. The molecular formula is C13H14FN3O. The van der Waals surface area contributed by atoms with Gasteiger partial charge < -0.3 is 9.80 Å². The fraction of sp³-hybridized carbons (Fsp3) is 0.385. The lowest BCUT2D eigenvalue weighted by molar-refractivity contribution is 0.196. The molecule has 2 rings (SSSR count). The fourth-order valence-electron chi connectivity index (χ4n) is 2.18. The third kappa shape index (κ3) is 2.28. The van der Waals surface area contributed by atoms with Gasteiger partial charge >= 0.3 is 6.03 Å². The van der Waals surface area contributed by atoms with E-state index in [-0.39, 0.29) is 17.9 Å². The highest BCUT2D eigenvalue weighted by atomic mass is 19.1. The van der Waals surface area contributed by atoms with Crippen molar-refractivity contribution in [2.45, 2.75) is 12.5 Å². The Kier molecular flexibility index (Phi) is 3.47. The third-order valence-electron chi connectivity index (χ3n) is 3.16. The number of benzene rings is 1. The van der Waals surface area contributed by atoms with Crippen LogP contribution >= 0.6 is 0 Å². The topological polar surface area (TPSA) is 47.3 Å². The zero-order valence-electron chi connectivity index (χ0n) is 10.1. The number of rotatable bonds is 3. The maximum Gasteiger partial charge on any atom is 0.320 e. The van der Waals surface area contributed by atoms with Gasteiger partial charge in [-0.3, -0.25) is 0 Å². The second kappa shape index (κ2) is 5.05. The molecule has 1 fully saturated rings. The first-order chi connectivity index (χ1) is 8.63. The van der Waals surface area contributed by atoms with Gasteiger partial charge in [0.2, 0.25) is 0 Å². The van der Waals surface area contributed by atoms with E-state index in [9.17, 15) is 9.18 Å². The van der Waals surface area contributed by atoms with Crippen molar-refractivity contribution in [3.05, 3.63) is 35.6 Å². The van der Waals surface area contributed by atoms with Gasteiger partial charge in [0.25, 0.3) is 0 Å². The van der Waals surface area contributed by atoms with E-state index in [2.05, 4.69) is 0 Å². The molecule has 1 aromatic carbocycles. The van der Waals surface area contributed by atoms with Crippen LogP contribution < -0.4 is 0 Å². The number of hydrogen-bond acceptors (Lipinski definition) is 2. The number of nitriles is 1. The largest absolute Gasteiger partial charge is 0.321 e. The van der Waals surface area contributed by atoms with E-state index in [0.29, 0.717) is 19.5 Å². The molecule has 1 aliphatic heterocycles. The molecule has 94 valence electrons. The maximum atomic E-state index is 13.2. The van der Waals surface area contributed by atoms with Crippen molar-refractivity contribution in [2.75, 3.05) is 20.1 Å². The van der Waals surface area contributed by atoms with Gasteiger partial charge in [0.05, 0.1) is 18.5 Å². The molecule has 1 atom stereocenters. The number of likely N-dealkylation sites (N-methyl/N-ethyl adjacent to an activating group) is 1. The summed E-state index contributed by atoms with van der Waals surface area (Å²) in [5, 5.41) is 8.55. The highest BCUT2D eigenvalue weighted by Crippen LogP contribution is 2.28. The van der Waals surface area contributed by atoms with Gasteiger partial charge in [-0.1, -0.05) is 12.1 Å². The van der Waals surface area contributed by atoms with E-state index < -0.39 is 0 Å². The summed E-state index contributed by atoms with van der Waals surface area (Å²) in [7, 11) is 1.70. The summed E-state index contributed by atoms with van der Waals surface area (Å²) < 4.78 is 13.2. The quantitative estimate of drug-likeness (QED) is 0.821. The highest BCUT2D eigenvalue weighted by molar-refractivity contribution is 5.77. The van der Waals surface area contributed by atoms with Crippen LogP contribution in [0.25, 0.3) is 0 Å². The van der Waals surface area contributed by atoms with Crippen LogP contribution in [0, 0.1) is 17.1 Å². The summed E-state index contributed by atoms with van der Waals surface area (Å²) >= 11 is 0. The lowest BCUT2D eigenvalue weighted by Crippen LogP contribution is -2.30. The number of halogens is 1. The predicted molar refractivity (Wildman–Crippen MR) is 64.1 cm³/mol. The van der Waals surface area contributed by atoms with E-state index in [1.165, 1.54) is 12.1 Å². The Morgan fingerprint density at radius 1 is 1.56 bits per heavy atom. The molecule has 0 saturated carbocycles. The van der Waals surface area contributed by atoms with E-state index in [1.54, 1.807) is 22.9 Å². The van der Waals surface area contributed by atoms with Gasteiger partial charge in [-0.15, -0.1) is 0 Å². The molecule has 18 heavy (non-hydrogen) atoms. The second-order valence-corrected chi connectivity index (χ2v) is 4.32. The van der Waals surface area contributed by atoms with E-state index >= 15 is 0 Å². The summed E-state index contributed by atoms with van der Waals surface area (Å²) in [5.74, 6) is -0.302. The van der Waals surface area contributed by atoms with E-state index in [1.807, 2.05) is 12.1 Å². The van der Waals surface area contributed by atoms with Crippen molar-refractivity contribution in [1.29, 1.82) is 5.26 Å². The molecule has 1 aliphatic rings. The molecule has 1 heterocycles. The molecular weight excluding hydrogens is 233 g/mol. The van der Waals surface area contributed by atoms with Crippen molar-refractivity contribution < 1.29 is 9.18 Å². The molecule has 0 spiro atoms. The van der Waals surface area contributed by atoms with Crippen LogP contribution in [0.15, 0.2) is 24.3 Å². The van der Waals surface area contributed by atoms with Gasteiger partial charge in [0.1, 0.15) is 5.82 Å². The first-order valence-corrected chi connectivity index (χ1v) is 5.77. The van der Waals surface area contributed by atoms with Crippen LogP contribution in [0.5, 0.6) is 0 Å². The molecule has 1 saturated heterocycles. The Labute approximate surface area is 105 Å². The average molecular weight is 247 g/mol. The van der Waals surface area contributed by atoms with Crippen LogP contribution in [0.2, 0.25) is 0 Å². The molecule has 0 bridgehead atoms. The van der Waals surface area contributed by atoms with Gasteiger partial charge in [-0.05, 0) is 17.7 Å². The Balaban J connectivity index is 2.16. The van der Waals surface area contributed by atoms with E-state index in [4.69, 9.17) is 5.26 Å². The van der Waals surface area contributed by atoms with Crippen molar-refractivity contribution in [1.82, 2.24) is 9.80 Å². The third-order valence-corrected chi connectivity index (χ3v) is 3.16. The molecule has 0 aromatic heterocycles. The molecule has 0 N–H and O–H groups in total. The van der Waals surface area contributed by atoms with Crippen LogP contribution in [-0.2, 0) is 0 Å². The average Bonchev–Trinajstić information content (AvgIpc) is 2.64. The van der Waals surface area contributed by atoms with Crippen LogP contribution in [-0.4, -0.2) is 36.0 Å². The standard InChI is InChI=1S/C13H14FN3O/c1-16-12(10-4-2-5-11(14)8-10)9-17(13(16)18)7-3-6-15/h2,4-5,8,12H,3,7,9H2,1H3. The Morgan fingerprint density at radius 3 is 3.00 bits per heavy atom. The fourth-order valence-corrected chi connectivity index (χ4v) is 2.18. The summed E-state index contributed by atoms with van der Waals surface area (Å²) in [6.45, 7) is 0.923. The summed E-state index contributed by atoms with van der Waals surface area (Å²) in [6, 6.07) is 8.04. The Bertz CT molecular complexity index is 497. The molecule has 2 amide bonds. The van der Waals surface area contributed by atoms with Crippen molar-refractivity contribution >= 4 is 6.03 Å². The minimum absolute atomic E-state index is 0.112. The van der Waals surface area contributed by atoms with Gasteiger partial charge in [0.15, 0.2) is 0 Å². The van der Waals surface area contributed by atoms with Crippen LogP contribution in [0.1, 0.15) is 18.0 Å². The smallest absolute Gasteiger partial charge is 0.320 e. The lowest BCUT2D eigenvalue weighted by Gasteiger charge is -2.17. The highest BCUT2D eigenvalue weighted by Gasteiger charge is 2.35. The zero-order chi connectivity index (χ0) is 13.1. The number of urea groups is 1. The monoisotopic (exact) mass is 247 g/mol. The molecule has 1 unspecified atom stereocenters. The number of carbonyl (C=O) groups is 1. The summed E-state index contributed by atoms with van der Waals surface area (Å²) in [6.07, 6.45) is 0.315. The van der Waals surface area contributed by atoms with Gasteiger partial charge in [0, 0.05) is 20.1 Å². The minimum atomic E-state index is -0.302. The van der Waals surface area contributed by atoms with Crippen molar-refractivity contribution in [3.63, 3.8) is 0 Å². The number of nitrogens with zero attached hydrogens (tertiary/aromatic N) is 3. The second-order valence-electron chi connectivity index (χ2n) is 4.32. The Morgan fingerprint density at radius 2 is 2.33 bits per heavy atom.